The van der Waals surface area contributed by atoms with Gasteiger partial charge in [0.2, 0.25) is 5.91 Å². The molecule has 2 aliphatic rings. The van der Waals surface area contributed by atoms with E-state index in [1.807, 2.05) is 17.7 Å². The van der Waals surface area contributed by atoms with Crippen LogP contribution in [0.4, 0.5) is 13.2 Å². The lowest BCUT2D eigenvalue weighted by Crippen LogP contribution is -2.47. The van der Waals surface area contributed by atoms with Crippen LogP contribution in [0.25, 0.3) is 5.69 Å². The number of amides is 1. The van der Waals surface area contributed by atoms with E-state index in [9.17, 15) is 23.1 Å². The van der Waals surface area contributed by atoms with Crippen LogP contribution in [0.3, 0.4) is 0 Å². The minimum atomic E-state index is -1.52. The van der Waals surface area contributed by atoms with E-state index in [0.29, 0.717) is 37.0 Å². The summed E-state index contributed by atoms with van der Waals surface area (Å²) in [7, 11) is 1.53. The molecule has 2 saturated heterocycles. The molecule has 184 valence electrons. The number of carbonyl (C=O) groups excluding carboxylic acids is 1. The fourth-order valence-corrected chi connectivity index (χ4v) is 5.45. The number of nitrogens with zero attached hydrogens (tertiary/aromatic N) is 3. The van der Waals surface area contributed by atoms with Crippen LogP contribution in [0.2, 0.25) is 0 Å². The number of piperidine rings is 1. The van der Waals surface area contributed by atoms with Gasteiger partial charge in [0.25, 0.3) is 0 Å². The van der Waals surface area contributed by atoms with Gasteiger partial charge >= 0.3 is 0 Å². The van der Waals surface area contributed by atoms with Gasteiger partial charge in [0.1, 0.15) is 5.75 Å². The molecule has 2 aliphatic heterocycles. The molecule has 35 heavy (non-hydrogen) atoms. The molecule has 0 saturated carbocycles. The summed E-state index contributed by atoms with van der Waals surface area (Å²) < 4.78 is 48.6. The molecule has 0 bridgehead atoms. The summed E-state index contributed by atoms with van der Waals surface area (Å²) in [5.41, 5.74) is 2.36. The second kappa shape index (κ2) is 9.03. The molecular formula is C26H26F3N3O3. The molecule has 0 aliphatic carbocycles. The smallest absolute Gasteiger partial charge is 0.229 e. The number of ether oxygens (including phenoxy) is 1. The number of hydrogen-bond acceptors (Lipinski definition) is 4. The van der Waals surface area contributed by atoms with Crippen molar-refractivity contribution in [2.75, 3.05) is 7.11 Å². The van der Waals surface area contributed by atoms with Gasteiger partial charge in [-0.05, 0) is 68.0 Å². The van der Waals surface area contributed by atoms with Crippen molar-refractivity contribution >= 4 is 5.91 Å². The van der Waals surface area contributed by atoms with Crippen molar-refractivity contribution in [1.82, 2.24) is 14.5 Å². The Morgan fingerprint density at radius 3 is 2.46 bits per heavy atom. The number of halogens is 3. The number of methoxy groups -OCH3 is 1. The fraction of sp³-hybridized carbons (Fsp3) is 0.385. The number of aryl methyl sites for hydroxylation is 1. The van der Waals surface area contributed by atoms with Gasteiger partial charge in [0.05, 0.1) is 42.9 Å². The number of benzene rings is 2. The first-order valence-electron chi connectivity index (χ1n) is 11.6. The van der Waals surface area contributed by atoms with Gasteiger partial charge in [-0.25, -0.2) is 18.2 Å². The van der Waals surface area contributed by atoms with Crippen molar-refractivity contribution in [2.24, 2.45) is 5.92 Å². The Morgan fingerprint density at radius 2 is 1.80 bits per heavy atom. The van der Waals surface area contributed by atoms with Crippen LogP contribution in [0.5, 0.6) is 5.75 Å². The van der Waals surface area contributed by atoms with Gasteiger partial charge in [-0.1, -0.05) is 6.07 Å². The molecular weight excluding hydrogens is 459 g/mol. The van der Waals surface area contributed by atoms with Crippen molar-refractivity contribution in [1.29, 1.82) is 0 Å². The Hall–Kier alpha value is -3.33. The minimum absolute atomic E-state index is 0.0754. The normalized spacial score (nSPS) is 22.9. The molecule has 0 spiro atoms. The Morgan fingerprint density at radius 1 is 1.09 bits per heavy atom. The number of aliphatic hydroxyl groups is 1. The van der Waals surface area contributed by atoms with Gasteiger partial charge in [-0.15, -0.1) is 0 Å². The summed E-state index contributed by atoms with van der Waals surface area (Å²) in [5, 5.41) is 11.2. The molecule has 9 heteroatoms. The molecule has 5 rings (SSSR count). The zero-order valence-electron chi connectivity index (χ0n) is 19.4. The zero-order chi connectivity index (χ0) is 24.9. The largest absolute Gasteiger partial charge is 0.495 e. The van der Waals surface area contributed by atoms with Crippen molar-refractivity contribution in [3.05, 3.63) is 77.1 Å². The van der Waals surface area contributed by atoms with Crippen LogP contribution >= 0.6 is 0 Å². The van der Waals surface area contributed by atoms with Crippen molar-refractivity contribution < 1.29 is 27.8 Å². The van der Waals surface area contributed by atoms with Gasteiger partial charge in [-0.3, -0.25) is 4.79 Å². The standard InChI is InChI=1S/C26H26F3N3O3/c1-14-12-31(13-30-14)22-7-3-15(11-23(22)35-2)25(33)18-6-4-17-5-8-21(32(17)26(18)34)16-9-19(27)24(29)20(28)10-16/h3,7,9-13,17-18,21,25,33H,4-6,8H2,1-2H3. The molecule has 2 aromatic carbocycles. The number of imidazole rings is 1. The Balaban J connectivity index is 1.42. The Kier molecular flexibility index (Phi) is 6.04. The van der Waals surface area contributed by atoms with E-state index in [-0.39, 0.29) is 17.5 Å². The van der Waals surface area contributed by atoms with Gasteiger partial charge in [-0.2, -0.15) is 0 Å². The fourth-order valence-electron chi connectivity index (χ4n) is 5.45. The summed E-state index contributed by atoms with van der Waals surface area (Å²) in [6.45, 7) is 1.88. The number of fused-ring (bicyclic) bond motifs is 1. The third-order valence-corrected chi connectivity index (χ3v) is 7.19. The zero-order valence-corrected chi connectivity index (χ0v) is 19.4. The molecule has 1 aromatic heterocycles. The molecule has 1 N–H and O–H groups in total. The van der Waals surface area contributed by atoms with Crippen molar-refractivity contribution in [3.63, 3.8) is 0 Å². The van der Waals surface area contributed by atoms with Crippen LogP contribution in [0.1, 0.15) is 54.6 Å². The van der Waals surface area contributed by atoms with E-state index in [1.165, 1.54) is 7.11 Å². The number of rotatable bonds is 5. The second-order valence-electron chi connectivity index (χ2n) is 9.27. The third kappa shape index (κ3) is 4.07. The first-order valence-corrected chi connectivity index (χ1v) is 11.6. The number of aromatic nitrogens is 2. The van der Waals surface area contributed by atoms with Gasteiger partial charge < -0.3 is 19.3 Å². The molecule has 2 fully saturated rings. The second-order valence-corrected chi connectivity index (χ2v) is 9.27. The van der Waals surface area contributed by atoms with Gasteiger partial charge in [0.15, 0.2) is 17.5 Å². The summed E-state index contributed by atoms with van der Waals surface area (Å²) in [6.07, 6.45) is 4.81. The molecule has 0 radical (unpaired) electrons. The number of hydrogen-bond donors (Lipinski definition) is 1. The summed E-state index contributed by atoms with van der Waals surface area (Å²) >= 11 is 0. The van der Waals surface area contributed by atoms with E-state index in [4.69, 9.17) is 4.74 Å². The maximum Gasteiger partial charge on any atom is 0.229 e. The topological polar surface area (TPSA) is 67.6 Å². The van der Waals surface area contributed by atoms with Crippen LogP contribution in [-0.2, 0) is 4.79 Å². The van der Waals surface area contributed by atoms with Crippen molar-refractivity contribution in [2.45, 2.75) is 50.8 Å². The molecule has 4 unspecified atom stereocenters. The van der Waals surface area contributed by atoms with E-state index in [2.05, 4.69) is 4.98 Å². The maximum atomic E-state index is 13.9. The van der Waals surface area contributed by atoms with E-state index >= 15 is 0 Å². The lowest BCUT2D eigenvalue weighted by Gasteiger charge is -2.40. The average Bonchev–Trinajstić information content (AvgIpc) is 3.48. The van der Waals surface area contributed by atoms with E-state index < -0.39 is 35.5 Å². The molecule has 3 aromatic rings. The molecule has 4 atom stereocenters. The minimum Gasteiger partial charge on any atom is -0.495 e. The van der Waals surface area contributed by atoms with Crippen LogP contribution in [-0.4, -0.2) is 38.6 Å². The summed E-state index contributed by atoms with van der Waals surface area (Å²) in [5.74, 6) is -4.53. The van der Waals surface area contributed by atoms with Crippen LogP contribution in [0, 0.1) is 30.3 Å². The molecule has 1 amide bonds. The lowest BCUT2D eigenvalue weighted by molar-refractivity contribution is -0.147. The first kappa shape index (κ1) is 23.4. The van der Waals surface area contributed by atoms with Gasteiger partial charge in [0, 0.05) is 12.2 Å². The van der Waals surface area contributed by atoms with Crippen molar-refractivity contribution in [3.8, 4) is 11.4 Å². The average molecular weight is 486 g/mol. The highest BCUT2D eigenvalue weighted by molar-refractivity contribution is 5.81. The Labute approximate surface area is 201 Å². The van der Waals surface area contributed by atoms with Crippen LogP contribution in [0.15, 0.2) is 42.9 Å². The summed E-state index contributed by atoms with van der Waals surface area (Å²) in [6, 6.07) is 6.55. The molecule has 6 nitrogen and oxygen atoms in total. The lowest BCUT2D eigenvalue weighted by atomic mass is 9.85. The highest BCUT2D eigenvalue weighted by Gasteiger charge is 2.46. The quantitative estimate of drug-likeness (QED) is 0.528. The highest BCUT2D eigenvalue weighted by Crippen LogP contribution is 2.45. The highest BCUT2D eigenvalue weighted by atomic mass is 19.2. The summed E-state index contributed by atoms with van der Waals surface area (Å²) in [4.78, 5) is 19.4. The SMILES string of the molecule is COc1cc(C(O)C2CCC3CCC(c4cc(F)c(F)c(F)c4)N3C2=O)ccc1-n1cnc(C)c1. The van der Waals surface area contributed by atoms with E-state index in [1.54, 1.807) is 29.4 Å². The molecule has 3 heterocycles. The number of aliphatic hydroxyl groups excluding tert-OH is 1. The predicted octanol–water partition coefficient (Wildman–Crippen LogP) is 4.78. The third-order valence-electron chi connectivity index (χ3n) is 7.19. The number of carbonyl (C=O) groups is 1. The maximum absolute atomic E-state index is 13.9. The monoisotopic (exact) mass is 485 g/mol. The Bertz CT molecular complexity index is 1250. The van der Waals surface area contributed by atoms with Crippen LogP contribution < -0.4 is 4.74 Å². The predicted molar refractivity (Wildman–Crippen MR) is 121 cm³/mol. The van der Waals surface area contributed by atoms with E-state index in [0.717, 1.165) is 23.5 Å². The first-order chi connectivity index (χ1) is 16.8.